The van der Waals surface area contributed by atoms with E-state index in [-0.39, 0.29) is 11.1 Å². The summed E-state index contributed by atoms with van der Waals surface area (Å²) in [6.45, 7) is 1.62. The van der Waals surface area contributed by atoms with Crippen molar-refractivity contribution >= 4 is 5.78 Å². The Morgan fingerprint density at radius 1 is 1.15 bits per heavy atom. The van der Waals surface area contributed by atoms with Crippen LogP contribution in [0.5, 0.6) is 0 Å². The van der Waals surface area contributed by atoms with Crippen molar-refractivity contribution in [2.24, 2.45) is 5.92 Å². The van der Waals surface area contributed by atoms with Crippen molar-refractivity contribution in [3.8, 4) is 0 Å². The molecule has 1 heterocycles. The van der Waals surface area contributed by atoms with E-state index in [1.807, 2.05) is 0 Å². The van der Waals surface area contributed by atoms with Gasteiger partial charge in [-0.15, -0.1) is 0 Å². The molecule has 1 aliphatic carbocycles. The molecule has 0 bridgehead atoms. The summed E-state index contributed by atoms with van der Waals surface area (Å²) in [5.74, 6) is -5.52. The van der Waals surface area contributed by atoms with Crippen molar-refractivity contribution in [1.82, 2.24) is 4.98 Å². The Labute approximate surface area is 150 Å². The zero-order valence-electron chi connectivity index (χ0n) is 14.1. The Morgan fingerprint density at radius 3 is 2.33 bits per heavy atom. The number of rotatable bonds is 2. The summed E-state index contributed by atoms with van der Waals surface area (Å²) in [7, 11) is 0. The van der Waals surface area contributed by atoms with Gasteiger partial charge in [0.05, 0.1) is 23.7 Å². The monoisotopic (exact) mass is 387 g/mol. The van der Waals surface area contributed by atoms with Gasteiger partial charge in [-0.25, -0.2) is 8.78 Å². The van der Waals surface area contributed by atoms with Crippen molar-refractivity contribution in [1.29, 1.82) is 0 Å². The number of Topliss-reactive ketones (excluding diaryl/α,β-unsaturated/α-hetero) is 1. The summed E-state index contributed by atoms with van der Waals surface area (Å²) in [6.07, 6.45) is -6.25. The number of carbonyl (C=O) groups is 1. The van der Waals surface area contributed by atoms with Crippen molar-refractivity contribution < 1.29 is 37.0 Å². The molecule has 3 atom stereocenters. The van der Waals surface area contributed by atoms with E-state index in [1.54, 1.807) is 0 Å². The molecule has 0 radical (unpaired) electrons. The van der Waals surface area contributed by atoms with Gasteiger partial charge in [0.25, 0.3) is 0 Å². The van der Waals surface area contributed by atoms with Crippen molar-refractivity contribution in [2.75, 3.05) is 0 Å². The SMILES string of the molecule is Cc1c(F)c(C(F)(F)F)c(C)c(F)c1C(O)C1C(=O)c2ccncc2C1O. The molecule has 0 saturated carbocycles. The smallest absolute Gasteiger partial charge is 0.387 e. The van der Waals surface area contributed by atoms with E-state index >= 15 is 0 Å². The number of alkyl halides is 3. The van der Waals surface area contributed by atoms with Crippen LogP contribution in [0.1, 0.15) is 50.4 Å². The topological polar surface area (TPSA) is 70.4 Å². The van der Waals surface area contributed by atoms with Crippen LogP contribution in [0.15, 0.2) is 18.5 Å². The zero-order valence-corrected chi connectivity index (χ0v) is 14.1. The standard InChI is InChI=1S/C18H14F5NO3/c1-6-10(13(19)7(2)12(14(6)20)18(21,22)23)17(27)11-15(25)8-3-4-24-5-9(8)16(11)26/h3-5,11,16-17,26-27H,1-2H3. The largest absolute Gasteiger partial charge is 0.419 e. The molecule has 0 aliphatic heterocycles. The van der Waals surface area contributed by atoms with Gasteiger partial charge in [0.1, 0.15) is 11.6 Å². The normalized spacial score (nSPS) is 20.7. The minimum absolute atomic E-state index is 0.0590. The lowest BCUT2D eigenvalue weighted by Crippen LogP contribution is -2.26. The van der Waals surface area contributed by atoms with Gasteiger partial charge in [0.2, 0.25) is 0 Å². The number of benzene rings is 1. The van der Waals surface area contributed by atoms with Gasteiger partial charge in [-0.2, -0.15) is 13.2 Å². The van der Waals surface area contributed by atoms with Crippen molar-refractivity contribution in [2.45, 2.75) is 32.2 Å². The number of aliphatic hydroxyl groups is 2. The van der Waals surface area contributed by atoms with E-state index in [2.05, 4.69) is 4.98 Å². The van der Waals surface area contributed by atoms with Crippen LogP contribution in [-0.4, -0.2) is 21.0 Å². The highest BCUT2D eigenvalue weighted by atomic mass is 19.4. The van der Waals surface area contributed by atoms with Gasteiger partial charge in [-0.05, 0) is 25.5 Å². The molecule has 4 nitrogen and oxygen atoms in total. The average molecular weight is 387 g/mol. The Morgan fingerprint density at radius 2 is 1.78 bits per heavy atom. The summed E-state index contributed by atoms with van der Waals surface area (Å²) in [4.78, 5) is 16.3. The van der Waals surface area contributed by atoms with Gasteiger partial charge >= 0.3 is 6.18 Å². The van der Waals surface area contributed by atoms with E-state index in [4.69, 9.17) is 0 Å². The van der Waals surface area contributed by atoms with Gasteiger partial charge in [0, 0.05) is 34.6 Å². The number of nitrogens with zero attached hydrogens (tertiary/aromatic N) is 1. The van der Waals surface area contributed by atoms with Gasteiger partial charge in [0.15, 0.2) is 5.78 Å². The third-order valence-electron chi connectivity index (χ3n) is 4.89. The summed E-state index contributed by atoms with van der Waals surface area (Å²) in [5, 5.41) is 20.9. The Bertz CT molecular complexity index is 912. The molecule has 2 aromatic rings. The van der Waals surface area contributed by atoms with E-state index in [9.17, 15) is 37.0 Å². The van der Waals surface area contributed by atoms with Crippen LogP contribution in [-0.2, 0) is 6.18 Å². The van der Waals surface area contributed by atoms with Crippen molar-refractivity contribution in [3.63, 3.8) is 0 Å². The van der Waals surface area contributed by atoms with Crippen LogP contribution < -0.4 is 0 Å². The van der Waals surface area contributed by atoms with Gasteiger partial charge < -0.3 is 10.2 Å². The Hall–Kier alpha value is -2.39. The van der Waals surface area contributed by atoms with Crippen LogP contribution >= 0.6 is 0 Å². The van der Waals surface area contributed by atoms with Gasteiger partial charge in [-0.1, -0.05) is 0 Å². The predicted molar refractivity (Wildman–Crippen MR) is 82.8 cm³/mol. The molecule has 0 spiro atoms. The molecule has 27 heavy (non-hydrogen) atoms. The molecule has 9 heteroatoms. The van der Waals surface area contributed by atoms with Gasteiger partial charge in [-0.3, -0.25) is 9.78 Å². The number of hydrogen-bond donors (Lipinski definition) is 2. The van der Waals surface area contributed by atoms with E-state index in [1.165, 1.54) is 18.5 Å². The highest BCUT2D eigenvalue weighted by molar-refractivity contribution is 6.03. The number of aromatic nitrogens is 1. The molecule has 0 fully saturated rings. The first kappa shape index (κ1) is 19.4. The fourth-order valence-electron chi connectivity index (χ4n) is 3.51. The van der Waals surface area contributed by atoms with Crippen LogP contribution in [0, 0.1) is 31.4 Å². The maximum Gasteiger partial charge on any atom is 0.419 e. The first-order valence-corrected chi connectivity index (χ1v) is 7.88. The molecule has 2 N–H and O–H groups in total. The fraction of sp³-hybridized carbons (Fsp3) is 0.333. The Balaban J connectivity index is 2.15. The molecule has 0 saturated heterocycles. The lowest BCUT2D eigenvalue weighted by molar-refractivity contribution is -0.140. The number of fused-ring (bicyclic) bond motifs is 1. The maximum absolute atomic E-state index is 14.7. The highest BCUT2D eigenvalue weighted by Crippen LogP contribution is 2.46. The predicted octanol–water partition coefficient (Wildman–Crippen LogP) is 3.57. The van der Waals surface area contributed by atoms with Crippen molar-refractivity contribution in [3.05, 3.63) is 63.5 Å². The minimum Gasteiger partial charge on any atom is -0.387 e. The molecule has 0 amide bonds. The van der Waals surface area contributed by atoms with E-state index < -0.39 is 64.0 Å². The lowest BCUT2D eigenvalue weighted by atomic mass is 9.85. The first-order chi connectivity index (χ1) is 12.5. The third-order valence-corrected chi connectivity index (χ3v) is 4.89. The maximum atomic E-state index is 14.7. The summed E-state index contributed by atoms with van der Waals surface area (Å²) in [6, 6.07) is 1.30. The van der Waals surface area contributed by atoms with E-state index in [0.29, 0.717) is 0 Å². The summed E-state index contributed by atoms with van der Waals surface area (Å²) in [5.41, 5.74) is -4.18. The highest BCUT2D eigenvalue weighted by Gasteiger charge is 2.46. The average Bonchev–Trinajstić information content (AvgIpc) is 2.83. The quantitative estimate of drug-likeness (QED) is 0.773. The van der Waals surface area contributed by atoms with Crippen LogP contribution in [0.3, 0.4) is 0 Å². The fourth-order valence-corrected chi connectivity index (χ4v) is 3.51. The number of pyridine rings is 1. The molecule has 1 aliphatic rings. The number of aliphatic hydroxyl groups excluding tert-OH is 2. The molecular weight excluding hydrogens is 373 g/mol. The molecule has 144 valence electrons. The second kappa shape index (κ2) is 6.35. The minimum atomic E-state index is -5.13. The molecule has 3 unspecified atom stereocenters. The number of ketones is 1. The second-order valence-electron chi connectivity index (χ2n) is 6.41. The zero-order chi connectivity index (χ0) is 20.3. The van der Waals surface area contributed by atoms with Crippen LogP contribution in [0.2, 0.25) is 0 Å². The number of hydrogen-bond acceptors (Lipinski definition) is 4. The summed E-state index contributed by atoms with van der Waals surface area (Å²) < 4.78 is 68.1. The lowest BCUT2D eigenvalue weighted by Gasteiger charge is -2.25. The van der Waals surface area contributed by atoms with Crippen LogP contribution in [0.25, 0.3) is 0 Å². The van der Waals surface area contributed by atoms with Crippen LogP contribution in [0.4, 0.5) is 22.0 Å². The molecule has 1 aromatic heterocycles. The molecule has 3 rings (SSSR count). The Kier molecular flexibility index (Phi) is 4.55. The molecular formula is C18H14F5NO3. The number of halogens is 5. The third kappa shape index (κ3) is 2.81. The molecule has 1 aromatic carbocycles. The number of carbonyl (C=O) groups excluding carboxylic acids is 1. The van der Waals surface area contributed by atoms with E-state index in [0.717, 1.165) is 13.8 Å². The summed E-state index contributed by atoms with van der Waals surface area (Å²) >= 11 is 0. The second-order valence-corrected chi connectivity index (χ2v) is 6.41. The first-order valence-electron chi connectivity index (χ1n) is 7.88.